The van der Waals surface area contributed by atoms with E-state index < -0.39 is 35.9 Å². The quantitative estimate of drug-likeness (QED) is 0.282. The first-order valence-electron chi connectivity index (χ1n) is 15.6. The van der Waals surface area contributed by atoms with Gasteiger partial charge in [0.15, 0.2) is 0 Å². The average Bonchev–Trinajstić information content (AvgIpc) is 3.46. The van der Waals surface area contributed by atoms with Gasteiger partial charge in [0.1, 0.15) is 11.9 Å². The second-order valence-corrected chi connectivity index (χ2v) is 13.4. The van der Waals surface area contributed by atoms with Crippen LogP contribution in [0.25, 0.3) is 0 Å². The topological polar surface area (TPSA) is 52.7 Å². The Morgan fingerprint density at radius 1 is 0.911 bits per heavy atom. The Hall–Kier alpha value is -3.72. The second-order valence-electron chi connectivity index (χ2n) is 13.4. The van der Waals surface area contributed by atoms with Crippen molar-refractivity contribution in [3.63, 3.8) is 0 Å². The SMILES string of the molecule is Cc1cccc(F)c1C(=O)N1CCC[C@H](C(=O)Nc2cccc(C(C)(C)C)c2)[C@@H]1c1ccc(CN2CCC[C@H]2C(F)(F)F)cc1. The summed E-state index contributed by atoms with van der Waals surface area (Å²) in [6.07, 6.45) is -2.63. The van der Waals surface area contributed by atoms with Crippen LogP contribution in [0.4, 0.5) is 23.2 Å². The van der Waals surface area contributed by atoms with Crippen molar-refractivity contribution in [3.05, 3.63) is 100 Å². The number of hydrogen-bond donors (Lipinski definition) is 1. The van der Waals surface area contributed by atoms with E-state index in [9.17, 15) is 22.8 Å². The van der Waals surface area contributed by atoms with Crippen molar-refractivity contribution >= 4 is 17.5 Å². The van der Waals surface area contributed by atoms with Gasteiger partial charge in [-0.1, -0.05) is 69.3 Å². The van der Waals surface area contributed by atoms with E-state index in [0.29, 0.717) is 54.7 Å². The minimum Gasteiger partial charge on any atom is -0.331 e. The summed E-state index contributed by atoms with van der Waals surface area (Å²) in [5.74, 6) is -1.99. The van der Waals surface area contributed by atoms with Crippen LogP contribution in [0.15, 0.2) is 66.7 Å². The van der Waals surface area contributed by atoms with Crippen molar-refractivity contribution < 1.29 is 27.2 Å². The monoisotopic (exact) mass is 623 g/mol. The van der Waals surface area contributed by atoms with Crippen molar-refractivity contribution in [2.45, 2.75) is 83.6 Å². The van der Waals surface area contributed by atoms with E-state index in [-0.39, 0.29) is 29.9 Å². The fourth-order valence-electron chi connectivity index (χ4n) is 6.70. The number of halogens is 4. The number of nitrogens with zero attached hydrogens (tertiary/aromatic N) is 2. The van der Waals surface area contributed by atoms with Gasteiger partial charge in [0.05, 0.1) is 17.5 Å². The van der Waals surface area contributed by atoms with Crippen LogP contribution < -0.4 is 5.32 Å². The van der Waals surface area contributed by atoms with E-state index in [1.807, 2.05) is 24.3 Å². The van der Waals surface area contributed by atoms with Gasteiger partial charge in [0.25, 0.3) is 5.91 Å². The molecule has 45 heavy (non-hydrogen) atoms. The lowest BCUT2D eigenvalue weighted by Gasteiger charge is -2.41. The van der Waals surface area contributed by atoms with E-state index in [1.54, 1.807) is 48.2 Å². The Kier molecular flexibility index (Phi) is 9.40. The molecule has 2 amide bonds. The Balaban J connectivity index is 1.46. The third-order valence-corrected chi connectivity index (χ3v) is 9.11. The summed E-state index contributed by atoms with van der Waals surface area (Å²) < 4.78 is 55.7. The van der Waals surface area contributed by atoms with Crippen LogP contribution in [-0.4, -0.2) is 46.9 Å². The Morgan fingerprint density at radius 3 is 2.27 bits per heavy atom. The molecule has 240 valence electrons. The zero-order valence-electron chi connectivity index (χ0n) is 26.3. The molecule has 0 radical (unpaired) electrons. The minimum atomic E-state index is -4.28. The molecular weight excluding hydrogens is 582 g/mol. The fourth-order valence-corrected chi connectivity index (χ4v) is 6.70. The third kappa shape index (κ3) is 7.24. The molecular formula is C36H41F4N3O2. The number of aryl methyl sites for hydroxylation is 1. The molecule has 3 atom stereocenters. The molecule has 2 heterocycles. The number of hydrogen-bond acceptors (Lipinski definition) is 3. The van der Waals surface area contributed by atoms with Gasteiger partial charge in [-0.2, -0.15) is 13.2 Å². The van der Waals surface area contributed by atoms with Crippen LogP contribution in [-0.2, 0) is 16.8 Å². The highest BCUT2D eigenvalue weighted by molar-refractivity contribution is 5.98. The van der Waals surface area contributed by atoms with Crippen LogP contribution in [0.5, 0.6) is 0 Å². The Morgan fingerprint density at radius 2 is 1.60 bits per heavy atom. The highest BCUT2D eigenvalue weighted by Gasteiger charge is 2.46. The zero-order chi connectivity index (χ0) is 32.5. The van der Waals surface area contributed by atoms with Crippen LogP contribution in [0.2, 0.25) is 0 Å². The summed E-state index contributed by atoms with van der Waals surface area (Å²) in [4.78, 5) is 31.0. The van der Waals surface area contributed by atoms with Crippen molar-refractivity contribution in [1.29, 1.82) is 0 Å². The lowest BCUT2D eigenvalue weighted by atomic mass is 9.82. The summed E-state index contributed by atoms with van der Waals surface area (Å²) in [7, 11) is 0. The van der Waals surface area contributed by atoms with Gasteiger partial charge in [-0.15, -0.1) is 0 Å². The minimum absolute atomic E-state index is 0.0229. The van der Waals surface area contributed by atoms with Crippen LogP contribution in [0.3, 0.4) is 0 Å². The van der Waals surface area contributed by atoms with Gasteiger partial charge >= 0.3 is 6.18 Å². The summed E-state index contributed by atoms with van der Waals surface area (Å²) in [6, 6.07) is 17.2. The maximum atomic E-state index is 15.0. The summed E-state index contributed by atoms with van der Waals surface area (Å²) in [5, 5.41) is 3.06. The number of rotatable bonds is 6. The molecule has 0 spiro atoms. The van der Waals surface area contributed by atoms with Gasteiger partial charge in [-0.05, 0) is 85.0 Å². The average molecular weight is 624 g/mol. The first-order valence-corrected chi connectivity index (χ1v) is 15.6. The smallest absolute Gasteiger partial charge is 0.331 e. The largest absolute Gasteiger partial charge is 0.404 e. The molecule has 5 rings (SSSR count). The third-order valence-electron chi connectivity index (χ3n) is 9.11. The van der Waals surface area contributed by atoms with E-state index >= 15 is 4.39 Å². The molecule has 0 aliphatic carbocycles. The summed E-state index contributed by atoms with van der Waals surface area (Å²) >= 11 is 0. The molecule has 5 nitrogen and oxygen atoms in total. The standard InChI is InChI=1S/C36H41F4N3O2/c1-23-9-5-13-29(37)31(23)34(45)43-20-7-12-28(33(44)41-27-11-6-10-26(21-27)35(2,3)4)32(43)25-17-15-24(16-18-25)22-42-19-8-14-30(42)36(38,39)40/h5-6,9-11,13,15-18,21,28,30,32H,7-8,12,14,19-20,22H2,1-4H3,(H,41,44)/t28-,30-,32-/m0/s1. The maximum Gasteiger partial charge on any atom is 0.404 e. The molecule has 1 N–H and O–H groups in total. The molecule has 3 aromatic rings. The van der Waals surface area contributed by atoms with Gasteiger partial charge in [-0.25, -0.2) is 4.39 Å². The maximum absolute atomic E-state index is 15.0. The summed E-state index contributed by atoms with van der Waals surface area (Å²) in [6.45, 7) is 8.83. The van der Waals surface area contributed by atoms with Crippen LogP contribution in [0.1, 0.15) is 85.1 Å². The second kappa shape index (κ2) is 12.9. The number of anilines is 1. The molecule has 2 aliphatic heterocycles. The highest BCUT2D eigenvalue weighted by Crippen LogP contribution is 2.39. The number of carbonyl (C=O) groups excluding carboxylic acids is 2. The van der Waals surface area contributed by atoms with E-state index in [1.165, 1.54) is 11.0 Å². The lowest BCUT2D eigenvalue weighted by molar-refractivity contribution is -0.177. The predicted molar refractivity (Wildman–Crippen MR) is 167 cm³/mol. The Labute approximate surface area is 262 Å². The Bertz CT molecular complexity index is 1510. The molecule has 2 fully saturated rings. The number of benzene rings is 3. The van der Waals surface area contributed by atoms with E-state index in [2.05, 4.69) is 26.1 Å². The van der Waals surface area contributed by atoms with Gasteiger partial charge in [0.2, 0.25) is 5.91 Å². The number of piperidine rings is 1. The van der Waals surface area contributed by atoms with Crippen molar-refractivity contribution in [2.24, 2.45) is 5.92 Å². The molecule has 0 aromatic heterocycles. The molecule has 0 bridgehead atoms. The number of nitrogens with one attached hydrogen (secondary N) is 1. The number of amides is 2. The fraction of sp³-hybridized carbons (Fsp3) is 0.444. The van der Waals surface area contributed by atoms with Crippen LogP contribution in [0, 0.1) is 18.7 Å². The molecule has 3 aromatic carbocycles. The summed E-state index contributed by atoms with van der Waals surface area (Å²) in [5.41, 5.74) is 3.47. The highest BCUT2D eigenvalue weighted by atomic mass is 19.4. The first-order chi connectivity index (χ1) is 21.2. The molecule has 0 unspecified atom stereocenters. The molecule has 9 heteroatoms. The number of likely N-dealkylation sites (tertiary alicyclic amines) is 2. The van der Waals surface area contributed by atoms with Gasteiger partial charge < -0.3 is 10.2 Å². The van der Waals surface area contributed by atoms with Crippen LogP contribution >= 0.6 is 0 Å². The first kappa shape index (κ1) is 32.7. The molecule has 2 aliphatic rings. The van der Waals surface area contributed by atoms with Gasteiger partial charge in [0, 0.05) is 18.8 Å². The number of alkyl halides is 3. The lowest BCUT2D eigenvalue weighted by Crippen LogP contribution is -2.46. The van der Waals surface area contributed by atoms with Crippen molar-refractivity contribution in [1.82, 2.24) is 9.80 Å². The van der Waals surface area contributed by atoms with E-state index in [4.69, 9.17) is 0 Å². The predicted octanol–water partition coefficient (Wildman–Crippen LogP) is 8.19. The van der Waals surface area contributed by atoms with E-state index in [0.717, 1.165) is 5.56 Å². The van der Waals surface area contributed by atoms with Gasteiger partial charge in [-0.3, -0.25) is 14.5 Å². The van der Waals surface area contributed by atoms with Crippen molar-refractivity contribution in [3.8, 4) is 0 Å². The molecule has 0 saturated carbocycles. The normalized spacial score (nSPS) is 21.2. The molecule has 2 saturated heterocycles. The zero-order valence-corrected chi connectivity index (χ0v) is 26.3. The number of carbonyl (C=O) groups is 2. The van der Waals surface area contributed by atoms with Crippen molar-refractivity contribution in [2.75, 3.05) is 18.4 Å².